The molecule has 38 heavy (non-hydrogen) atoms. The van der Waals surface area contributed by atoms with Gasteiger partial charge in [-0.1, -0.05) is 71.1 Å². The second kappa shape index (κ2) is 10.5. The summed E-state index contributed by atoms with van der Waals surface area (Å²) in [6, 6.07) is 8.54. The van der Waals surface area contributed by atoms with Crippen molar-refractivity contribution in [1.29, 1.82) is 0 Å². The first-order valence-corrected chi connectivity index (χ1v) is 14.4. The number of piperazine rings is 1. The van der Waals surface area contributed by atoms with E-state index in [1.54, 1.807) is 11.3 Å². The molecular weight excluding hydrogens is 490 g/mol. The molecule has 1 saturated heterocycles. The van der Waals surface area contributed by atoms with Crippen LogP contribution in [0.3, 0.4) is 0 Å². The number of thiazole rings is 1. The molecule has 1 aliphatic heterocycles. The third-order valence-electron chi connectivity index (χ3n) is 7.25. The summed E-state index contributed by atoms with van der Waals surface area (Å²) in [5, 5.41) is 1.06. The van der Waals surface area contributed by atoms with Crippen LogP contribution in [0.1, 0.15) is 79.0 Å². The van der Waals surface area contributed by atoms with Crippen molar-refractivity contribution in [2.45, 2.75) is 85.3 Å². The molecule has 0 atom stereocenters. The minimum atomic E-state index is -0.00832. The number of benzene rings is 1. The molecule has 7 heteroatoms. The summed E-state index contributed by atoms with van der Waals surface area (Å²) >= 11 is 1.70. The van der Waals surface area contributed by atoms with Crippen molar-refractivity contribution in [3.05, 3.63) is 53.3 Å². The number of pyridine rings is 1. The van der Waals surface area contributed by atoms with Gasteiger partial charge >= 0.3 is 0 Å². The van der Waals surface area contributed by atoms with Crippen molar-refractivity contribution >= 4 is 22.3 Å². The number of hydrogen-bond donors (Lipinski definition) is 1. The van der Waals surface area contributed by atoms with Crippen molar-refractivity contribution in [3.8, 4) is 16.2 Å². The van der Waals surface area contributed by atoms with Crippen molar-refractivity contribution in [2.24, 2.45) is 0 Å². The fourth-order valence-corrected chi connectivity index (χ4v) is 6.15. The van der Waals surface area contributed by atoms with Gasteiger partial charge in [-0.15, -0.1) is 0 Å². The molecule has 0 amide bonds. The molecule has 0 saturated carbocycles. The lowest BCUT2D eigenvalue weighted by molar-refractivity contribution is 0.128. The van der Waals surface area contributed by atoms with Gasteiger partial charge in [0.15, 0.2) is 16.7 Å². The minimum absolute atomic E-state index is 0.00832. The number of nitrogen functional groups attached to an aromatic ring is 1. The molecule has 0 bridgehead atoms. The van der Waals surface area contributed by atoms with Crippen LogP contribution in [0.25, 0.3) is 10.4 Å². The van der Waals surface area contributed by atoms with Crippen LogP contribution in [0, 0.1) is 0 Å². The van der Waals surface area contributed by atoms with Gasteiger partial charge < -0.3 is 15.4 Å². The summed E-state index contributed by atoms with van der Waals surface area (Å²) in [4.78, 5) is 15.2. The van der Waals surface area contributed by atoms with Gasteiger partial charge in [0.25, 0.3) is 0 Å². The first-order chi connectivity index (χ1) is 17.6. The number of nitrogens with two attached hydrogens (primary N) is 1. The zero-order valence-corrected chi connectivity index (χ0v) is 25.5. The molecule has 4 rings (SSSR count). The smallest absolute Gasteiger partial charge is 0.185 e. The van der Waals surface area contributed by atoms with Crippen molar-refractivity contribution in [3.63, 3.8) is 0 Å². The summed E-state index contributed by atoms with van der Waals surface area (Å²) in [6.07, 6.45) is 3.76. The molecule has 0 aliphatic carbocycles. The second-order valence-electron chi connectivity index (χ2n) is 13.4. The molecule has 2 N–H and O–H groups in total. The van der Waals surface area contributed by atoms with E-state index in [-0.39, 0.29) is 16.4 Å². The minimum Gasteiger partial charge on any atom is -0.485 e. The van der Waals surface area contributed by atoms with E-state index in [0.717, 1.165) is 41.8 Å². The van der Waals surface area contributed by atoms with E-state index < -0.39 is 0 Å². The van der Waals surface area contributed by atoms with Crippen molar-refractivity contribution in [2.75, 3.05) is 36.8 Å². The number of aromatic nitrogens is 2. The van der Waals surface area contributed by atoms with Gasteiger partial charge in [-0.05, 0) is 54.4 Å². The highest BCUT2D eigenvalue weighted by Gasteiger charge is 2.28. The highest BCUT2D eigenvalue weighted by molar-refractivity contribution is 7.18. The molecule has 0 radical (unpaired) electrons. The average Bonchev–Trinajstić information content (AvgIpc) is 3.32. The summed E-state index contributed by atoms with van der Waals surface area (Å²) in [5.41, 5.74) is 11.4. The fourth-order valence-electron chi connectivity index (χ4n) is 5.21. The van der Waals surface area contributed by atoms with Crippen LogP contribution >= 0.6 is 11.3 Å². The average molecular weight is 536 g/mol. The molecule has 3 heterocycles. The Hall–Kier alpha value is -2.64. The number of hydrogen-bond acceptors (Lipinski definition) is 7. The second-order valence-corrected chi connectivity index (χ2v) is 14.4. The Morgan fingerprint density at radius 3 is 2.18 bits per heavy atom. The molecular formula is C31H45N5OS. The zero-order valence-electron chi connectivity index (χ0n) is 24.7. The van der Waals surface area contributed by atoms with E-state index >= 15 is 0 Å². The third kappa shape index (κ3) is 6.32. The molecule has 206 valence electrons. The van der Waals surface area contributed by atoms with Crippen LogP contribution in [0.4, 0.5) is 10.9 Å². The third-order valence-corrected chi connectivity index (χ3v) is 8.36. The van der Waals surface area contributed by atoms with Crippen LogP contribution < -0.4 is 15.4 Å². The topological polar surface area (TPSA) is 67.5 Å². The molecule has 6 nitrogen and oxygen atoms in total. The van der Waals surface area contributed by atoms with Crippen LogP contribution in [0.5, 0.6) is 5.75 Å². The van der Waals surface area contributed by atoms with E-state index in [9.17, 15) is 0 Å². The summed E-state index contributed by atoms with van der Waals surface area (Å²) in [7, 11) is 0. The van der Waals surface area contributed by atoms with Crippen molar-refractivity contribution in [1.82, 2.24) is 14.9 Å². The molecule has 1 fully saturated rings. The Kier molecular flexibility index (Phi) is 7.84. The molecule has 2 aromatic heterocycles. The normalized spacial score (nSPS) is 15.7. The van der Waals surface area contributed by atoms with Gasteiger partial charge in [0, 0.05) is 49.7 Å². The Bertz CT molecular complexity index is 1250. The van der Waals surface area contributed by atoms with Gasteiger partial charge in [0.1, 0.15) is 6.61 Å². The Morgan fingerprint density at radius 2 is 1.58 bits per heavy atom. The summed E-state index contributed by atoms with van der Waals surface area (Å²) in [6.45, 7) is 25.0. The Labute approximate surface area is 233 Å². The predicted octanol–water partition coefficient (Wildman–Crippen LogP) is 6.88. The maximum Gasteiger partial charge on any atom is 0.185 e. The van der Waals surface area contributed by atoms with Gasteiger partial charge in [0.2, 0.25) is 0 Å². The number of anilines is 2. The maximum absolute atomic E-state index is 6.34. The van der Waals surface area contributed by atoms with Crippen LogP contribution in [-0.4, -0.2) is 46.6 Å². The Balaban J connectivity index is 1.52. The first-order valence-electron chi connectivity index (χ1n) is 13.6. The van der Waals surface area contributed by atoms with E-state index in [4.69, 9.17) is 15.5 Å². The predicted molar refractivity (Wildman–Crippen MR) is 161 cm³/mol. The van der Waals surface area contributed by atoms with Gasteiger partial charge in [-0.25, -0.2) is 9.97 Å². The van der Waals surface area contributed by atoms with E-state index in [0.29, 0.717) is 18.2 Å². The number of ether oxygens (including phenoxy) is 1. The monoisotopic (exact) mass is 535 g/mol. The summed E-state index contributed by atoms with van der Waals surface area (Å²) < 4.78 is 6.34. The lowest BCUT2D eigenvalue weighted by Gasteiger charge is -2.42. The fraction of sp³-hybridized carbons (Fsp3) is 0.548. The van der Waals surface area contributed by atoms with Crippen molar-refractivity contribution < 1.29 is 4.74 Å². The SMILES string of the molecule is CC(C)(C)c1cccc(COc2cc(-c3cnc(N4CCN(C(C)(C)C)CC4)s3)cnc2N)c1C(C)(C)C. The van der Waals surface area contributed by atoms with E-state index in [2.05, 4.69) is 95.3 Å². The molecule has 1 aromatic carbocycles. The maximum atomic E-state index is 6.34. The quantitative estimate of drug-likeness (QED) is 0.384. The highest BCUT2D eigenvalue weighted by atomic mass is 32.1. The highest BCUT2D eigenvalue weighted by Crippen LogP contribution is 2.38. The van der Waals surface area contributed by atoms with E-state index in [1.807, 2.05) is 18.5 Å². The Morgan fingerprint density at radius 1 is 0.895 bits per heavy atom. The van der Waals surface area contributed by atoms with Crippen LogP contribution in [-0.2, 0) is 17.4 Å². The molecule has 1 aliphatic rings. The molecule has 0 spiro atoms. The lowest BCUT2D eigenvalue weighted by atomic mass is 9.73. The largest absolute Gasteiger partial charge is 0.485 e. The lowest BCUT2D eigenvalue weighted by Crippen LogP contribution is -2.53. The summed E-state index contributed by atoms with van der Waals surface area (Å²) in [5.74, 6) is 1.01. The zero-order chi connectivity index (χ0) is 27.9. The first kappa shape index (κ1) is 28.4. The van der Waals surface area contributed by atoms with Gasteiger partial charge in [-0.3, -0.25) is 4.90 Å². The molecule has 0 unspecified atom stereocenters. The van der Waals surface area contributed by atoms with Gasteiger partial charge in [0.05, 0.1) is 4.88 Å². The van der Waals surface area contributed by atoms with Crippen LogP contribution in [0.2, 0.25) is 0 Å². The van der Waals surface area contributed by atoms with Crippen LogP contribution in [0.15, 0.2) is 36.7 Å². The number of nitrogens with zero attached hydrogens (tertiary/aromatic N) is 4. The standard InChI is InChI=1S/C31H45N5OS/c1-29(2,3)23-12-10-11-21(26(23)30(4,5)6)20-37-24-17-22(18-33-27(24)32)25-19-34-28(38-25)35-13-15-36(16-14-35)31(7,8)9/h10-12,17-19H,13-16,20H2,1-9H3,(H2,32,33). The molecule has 3 aromatic rings. The number of rotatable bonds is 5. The van der Waals surface area contributed by atoms with Gasteiger partial charge in [-0.2, -0.15) is 0 Å². The van der Waals surface area contributed by atoms with E-state index in [1.165, 1.54) is 16.7 Å².